The fourth-order valence-electron chi connectivity index (χ4n) is 0.699. The van der Waals surface area contributed by atoms with Crippen molar-refractivity contribution in [2.75, 3.05) is 0 Å². The first kappa shape index (κ1) is 9.79. The van der Waals surface area contributed by atoms with Crippen molar-refractivity contribution in [2.45, 2.75) is 19.4 Å². The third kappa shape index (κ3) is 2.32. The van der Waals surface area contributed by atoms with Gasteiger partial charge in [-0.05, 0) is 0 Å². The first-order chi connectivity index (χ1) is 5.06. The summed E-state index contributed by atoms with van der Waals surface area (Å²) in [6.07, 6.45) is 0. The number of carbonyl (C=O) groups is 1. The monoisotopic (exact) mass is 350 g/mol. The van der Waals surface area contributed by atoms with E-state index in [2.05, 4.69) is 23.0 Å². The molecule has 0 fully saturated rings. The van der Waals surface area contributed by atoms with Crippen LogP contribution in [0.3, 0.4) is 0 Å². The molecule has 0 aromatic heterocycles. The molecule has 0 saturated carbocycles. The van der Waals surface area contributed by atoms with E-state index in [0.717, 1.165) is 5.17 Å². The molecule has 0 aromatic carbocycles. The van der Waals surface area contributed by atoms with Gasteiger partial charge in [-0.2, -0.15) is 0 Å². The van der Waals surface area contributed by atoms with Gasteiger partial charge >= 0.3 is 84.8 Å². The molecule has 2 N–H and O–H groups in total. The zero-order chi connectivity index (χ0) is 8.48. The molecule has 0 atom stereocenters. The van der Waals surface area contributed by atoms with E-state index < -0.39 is 5.54 Å². The van der Waals surface area contributed by atoms with Gasteiger partial charge in [-0.3, -0.25) is 0 Å². The number of hydrogen-bond acceptors (Lipinski definition) is 2. The summed E-state index contributed by atoms with van der Waals surface area (Å²) in [7, 11) is 1.65. The summed E-state index contributed by atoms with van der Waals surface area (Å²) in [6.45, 7) is 3.73. The number of rotatable bonds is 1. The summed E-state index contributed by atoms with van der Waals surface area (Å²) < 4.78 is 0. The molecule has 1 aliphatic rings. The Labute approximate surface area is 84.2 Å². The van der Waals surface area contributed by atoms with E-state index >= 15 is 0 Å². The molecule has 0 unspecified atom stereocenters. The number of amides is 1. The summed E-state index contributed by atoms with van der Waals surface area (Å²) in [5, 5.41) is 3.65. The van der Waals surface area contributed by atoms with Crippen LogP contribution in [0.25, 0.3) is 0 Å². The van der Waals surface area contributed by atoms with E-state index in [-0.39, 0.29) is 23.5 Å². The van der Waals surface area contributed by atoms with Gasteiger partial charge in [0.15, 0.2) is 0 Å². The van der Waals surface area contributed by atoms with Crippen LogP contribution in [0.15, 0.2) is 0 Å². The van der Waals surface area contributed by atoms with E-state index in [1.54, 1.807) is 8.93 Å². The minimum atomic E-state index is -0.436. The zero-order valence-corrected chi connectivity index (χ0v) is 10.6. The van der Waals surface area contributed by atoms with Crippen LogP contribution in [-0.2, 0) is 4.79 Å². The van der Waals surface area contributed by atoms with Gasteiger partial charge in [-0.15, -0.1) is 0 Å². The second kappa shape index (κ2) is 3.61. The Balaban J connectivity index is 2.68. The number of hydrogen-bond donors (Lipinski definition) is 2. The summed E-state index contributed by atoms with van der Waals surface area (Å²) in [6, 6.07) is 0. The van der Waals surface area contributed by atoms with E-state index in [1.807, 2.05) is 13.8 Å². The van der Waals surface area contributed by atoms with Gasteiger partial charge in [-0.1, -0.05) is 0 Å². The fraction of sp³-hybridized carbons (Fsp3) is 0.600. The molecular weight excluding hydrogens is 343 g/mol. The van der Waals surface area contributed by atoms with E-state index in [9.17, 15) is 4.79 Å². The van der Waals surface area contributed by atoms with Crippen molar-refractivity contribution in [1.29, 1.82) is 0 Å². The van der Waals surface area contributed by atoms with Gasteiger partial charge in [0.25, 0.3) is 0 Å². The molecule has 1 aliphatic heterocycles. The molecule has 0 aromatic rings. The molecule has 1 rings (SSSR count). The first-order valence-corrected chi connectivity index (χ1v) is 11.2. The van der Waals surface area contributed by atoms with Crippen LogP contribution >= 0.6 is 21.6 Å². The zero-order valence-electron chi connectivity index (χ0n) is 6.07. The van der Waals surface area contributed by atoms with E-state index in [4.69, 9.17) is 0 Å². The average molecular weight is 351 g/mol. The predicted octanol–water partition coefficient (Wildman–Crippen LogP) is -3.62. The molecule has 64 valence electrons. The molecule has 6 heteroatoms. The first-order valence-electron chi connectivity index (χ1n) is 2.96. The number of carbonyl (C=O) groups excluding carboxylic acids is 1. The summed E-state index contributed by atoms with van der Waals surface area (Å²) in [5.74, 6) is 0.0463. The average Bonchev–Trinajstić information content (AvgIpc) is 2.08. The van der Waals surface area contributed by atoms with Crippen molar-refractivity contribution < 1.29 is 27.4 Å². The number of amidine groups is 1. The Bertz CT molecular complexity index is 219. The van der Waals surface area contributed by atoms with Gasteiger partial charge in [0, 0.05) is 0 Å². The normalized spacial score (nSPS) is 21.7. The summed E-state index contributed by atoms with van der Waals surface area (Å²) in [5.41, 5.74) is -0.436. The summed E-state index contributed by atoms with van der Waals surface area (Å²) in [4.78, 5) is 14.3. The van der Waals surface area contributed by atoms with Gasteiger partial charge in [0.2, 0.25) is 0 Å². The molecule has 11 heavy (non-hydrogen) atoms. The SMILES string of the molecule is CC1(C)[NH+]=C(S[I-]Br)NC1=O. The second-order valence-corrected chi connectivity index (χ2v) is 10.6. The van der Waals surface area contributed by atoms with Crippen LogP contribution in [0.1, 0.15) is 13.8 Å². The van der Waals surface area contributed by atoms with Gasteiger partial charge in [0.1, 0.15) is 0 Å². The van der Waals surface area contributed by atoms with Crippen LogP contribution in [0, 0.1) is 0 Å². The van der Waals surface area contributed by atoms with E-state index in [1.165, 1.54) is 0 Å². The summed E-state index contributed by atoms with van der Waals surface area (Å²) >= 11 is 3.33. The molecular formula is C5H8BrIN2OS. The van der Waals surface area contributed by atoms with Crippen molar-refractivity contribution in [3.63, 3.8) is 0 Å². The second-order valence-electron chi connectivity index (χ2n) is 2.67. The standard InChI is InChI=1S/C5H7BrIN2OS/c1-5(2)3(10)8-4(9-5)11-7-6/h1-2H3,(H,8,9,10)/q-1/p+1. The maximum atomic E-state index is 11.2. The third-order valence-corrected chi connectivity index (χ3v) is 6.03. The maximum absolute atomic E-state index is 11.2. The molecule has 3 nitrogen and oxygen atoms in total. The quantitative estimate of drug-likeness (QED) is 0.480. The van der Waals surface area contributed by atoms with Crippen LogP contribution in [-0.4, -0.2) is 16.6 Å². The van der Waals surface area contributed by atoms with Gasteiger partial charge in [-0.25, -0.2) is 0 Å². The van der Waals surface area contributed by atoms with Gasteiger partial charge in [0.05, 0.1) is 0 Å². The molecule has 0 bridgehead atoms. The Morgan fingerprint density at radius 1 is 1.73 bits per heavy atom. The van der Waals surface area contributed by atoms with Crippen molar-refractivity contribution >= 4 is 32.7 Å². The topological polar surface area (TPSA) is 43.1 Å². The minimum absolute atomic E-state index is 0.0463. The van der Waals surface area contributed by atoms with Crippen LogP contribution < -0.4 is 27.9 Å². The van der Waals surface area contributed by atoms with Crippen molar-refractivity contribution in [2.24, 2.45) is 0 Å². The molecule has 0 saturated heterocycles. The Hall–Kier alpha value is 0.700. The van der Waals surface area contributed by atoms with Gasteiger partial charge < -0.3 is 0 Å². The number of halogens is 2. The molecule has 0 aliphatic carbocycles. The Kier molecular flexibility index (Phi) is 3.21. The Morgan fingerprint density at radius 3 is 2.73 bits per heavy atom. The van der Waals surface area contributed by atoms with Crippen LogP contribution in [0.2, 0.25) is 0 Å². The predicted molar refractivity (Wildman–Crippen MR) is 44.7 cm³/mol. The van der Waals surface area contributed by atoms with Crippen LogP contribution in [0.5, 0.6) is 0 Å². The fourth-order valence-corrected chi connectivity index (χ4v) is 4.80. The van der Waals surface area contributed by atoms with Crippen molar-refractivity contribution in [3.8, 4) is 0 Å². The van der Waals surface area contributed by atoms with Crippen LogP contribution in [0.4, 0.5) is 0 Å². The third-order valence-electron chi connectivity index (χ3n) is 1.33. The molecule has 0 radical (unpaired) electrons. The Morgan fingerprint density at radius 2 is 2.36 bits per heavy atom. The molecule has 1 amide bonds. The molecule has 1 heterocycles. The van der Waals surface area contributed by atoms with Crippen molar-refractivity contribution in [1.82, 2.24) is 5.32 Å². The number of nitrogens with one attached hydrogen (secondary N) is 2. The van der Waals surface area contributed by atoms with Crippen molar-refractivity contribution in [3.05, 3.63) is 0 Å². The molecule has 0 spiro atoms. The van der Waals surface area contributed by atoms with E-state index in [0.29, 0.717) is 0 Å².